The van der Waals surface area contributed by atoms with Gasteiger partial charge in [-0.1, -0.05) is 79.5 Å². The molecule has 0 fully saturated rings. The van der Waals surface area contributed by atoms with Crippen molar-refractivity contribution < 1.29 is 22.8 Å². The van der Waals surface area contributed by atoms with Crippen molar-refractivity contribution in [3.05, 3.63) is 101 Å². The number of sulfonamides is 1. The number of unbranched alkanes of at least 4 members (excludes halogenated alkanes) is 1. The molecule has 0 bridgehead atoms. The third-order valence-electron chi connectivity index (χ3n) is 6.56. The van der Waals surface area contributed by atoms with Crippen LogP contribution in [0.25, 0.3) is 0 Å². The fraction of sp³-hybridized carbons (Fsp3) is 0.323. The van der Waals surface area contributed by atoms with Crippen LogP contribution in [0, 0.1) is 0 Å². The molecule has 10 heteroatoms. The van der Waals surface area contributed by atoms with Crippen molar-refractivity contribution in [1.82, 2.24) is 10.2 Å². The van der Waals surface area contributed by atoms with Crippen LogP contribution in [0.15, 0.2) is 78.9 Å². The molecule has 0 spiro atoms. The normalized spacial score (nSPS) is 11.9. The Balaban J connectivity index is 2.05. The van der Waals surface area contributed by atoms with Crippen LogP contribution >= 0.6 is 11.6 Å². The van der Waals surface area contributed by atoms with Gasteiger partial charge in [-0.2, -0.15) is 0 Å². The van der Waals surface area contributed by atoms with Gasteiger partial charge in [-0.05, 0) is 48.7 Å². The van der Waals surface area contributed by atoms with Gasteiger partial charge in [0.2, 0.25) is 21.8 Å². The third-order valence-corrected chi connectivity index (χ3v) is 7.94. The molecule has 0 saturated carbocycles. The summed E-state index contributed by atoms with van der Waals surface area (Å²) >= 11 is 6.23. The highest BCUT2D eigenvalue weighted by atomic mass is 35.5. The predicted molar refractivity (Wildman–Crippen MR) is 162 cm³/mol. The van der Waals surface area contributed by atoms with E-state index in [9.17, 15) is 22.8 Å². The van der Waals surface area contributed by atoms with Crippen molar-refractivity contribution in [1.29, 1.82) is 0 Å². The Morgan fingerprint density at radius 1 is 0.927 bits per heavy atom. The van der Waals surface area contributed by atoms with E-state index in [1.165, 1.54) is 24.0 Å². The second-order valence-corrected chi connectivity index (χ2v) is 12.2. The molecule has 3 rings (SSSR count). The number of nitrogens with one attached hydrogen (secondary N) is 1. The summed E-state index contributed by atoms with van der Waals surface area (Å²) in [6.45, 7) is 3.32. The van der Waals surface area contributed by atoms with E-state index in [1.54, 1.807) is 36.4 Å². The highest BCUT2D eigenvalue weighted by Gasteiger charge is 2.33. The maximum atomic E-state index is 14.1. The molecular formula is C31H36ClN3O5S. The zero-order chi connectivity index (χ0) is 30.0. The maximum absolute atomic E-state index is 14.1. The third kappa shape index (κ3) is 9.43. The molecule has 1 N–H and O–H groups in total. The molecule has 0 aromatic heterocycles. The van der Waals surface area contributed by atoms with Gasteiger partial charge >= 0.3 is 0 Å². The number of hydrogen-bond donors (Lipinski definition) is 1. The van der Waals surface area contributed by atoms with E-state index in [-0.39, 0.29) is 30.3 Å². The Kier molecular flexibility index (Phi) is 11.5. The van der Waals surface area contributed by atoms with Crippen LogP contribution in [0.4, 0.5) is 5.69 Å². The summed E-state index contributed by atoms with van der Waals surface area (Å²) in [5.41, 5.74) is 2.04. The minimum atomic E-state index is -3.94. The highest BCUT2D eigenvalue weighted by Crippen LogP contribution is 2.22. The minimum absolute atomic E-state index is 0.0309. The largest absolute Gasteiger partial charge is 0.354 e. The second-order valence-electron chi connectivity index (χ2n) is 9.88. The molecule has 41 heavy (non-hydrogen) atoms. The summed E-state index contributed by atoms with van der Waals surface area (Å²) in [4.78, 5) is 41.1. The van der Waals surface area contributed by atoms with E-state index in [0.717, 1.165) is 29.0 Å². The van der Waals surface area contributed by atoms with E-state index in [4.69, 9.17) is 11.6 Å². The number of nitrogens with zero attached hydrogens (tertiary/aromatic N) is 2. The first-order valence-corrected chi connectivity index (χ1v) is 15.7. The first-order valence-electron chi connectivity index (χ1n) is 13.4. The number of carbonyl (C=O) groups is 3. The number of carbonyl (C=O) groups excluding carboxylic acids is 3. The van der Waals surface area contributed by atoms with Crippen molar-refractivity contribution in [3.8, 4) is 0 Å². The second kappa shape index (κ2) is 14.8. The standard InChI is InChI=1S/C31H36ClN3O5S/c1-4-5-17-33-31(38)29(19-24-11-7-6-8-12-24)34(21-25-13-9-15-27(32)18-25)30(37)22-35(41(3,39)40)28-16-10-14-26(20-28)23(2)36/h6-16,18,20,29H,4-5,17,19,21-22H2,1-3H3,(H,33,38)/t29-/m1/s1. The molecule has 1 atom stereocenters. The lowest BCUT2D eigenvalue weighted by molar-refractivity contribution is -0.140. The fourth-order valence-corrected chi connectivity index (χ4v) is 5.44. The quantitative estimate of drug-likeness (QED) is 0.211. The Bertz CT molecular complexity index is 1460. The van der Waals surface area contributed by atoms with Crippen LogP contribution in [0.2, 0.25) is 5.02 Å². The number of benzene rings is 3. The van der Waals surface area contributed by atoms with E-state index >= 15 is 0 Å². The molecule has 0 saturated heterocycles. The Morgan fingerprint density at radius 3 is 2.24 bits per heavy atom. The Hall–Kier alpha value is -3.69. The van der Waals surface area contributed by atoms with Gasteiger partial charge in [-0.3, -0.25) is 18.7 Å². The van der Waals surface area contributed by atoms with Gasteiger partial charge in [0.05, 0.1) is 11.9 Å². The summed E-state index contributed by atoms with van der Waals surface area (Å²) in [6, 6.07) is 21.5. The lowest BCUT2D eigenvalue weighted by Gasteiger charge is -2.33. The van der Waals surface area contributed by atoms with Crippen molar-refractivity contribution in [2.45, 2.75) is 45.7 Å². The van der Waals surface area contributed by atoms with E-state index in [0.29, 0.717) is 22.7 Å². The smallest absolute Gasteiger partial charge is 0.244 e. The number of anilines is 1. The monoisotopic (exact) mass is 597 g/mol. The van der Waals surface area contributed by atoms with Crippen molar-refractivity contribution in [2.75, 3.05) is 23.7 Å². The fourth-order valence-electron chi connectivity index (χ4n) is 4.39. The summed E-state index contributed by atoms with van der Waals surface area (Å²) in [5, 5.41) is 3.42. The molecule has 218 valence electrons. The molecule has 0 aliphatic heterocycles. The van der Waals surface area contributed by atoms with Crippen molar-refractivity contribution in [3.63, 3.8) is 0 Å². The molecule has 0 aliphatic carbocycles. The first-order chi connectivity index (χ1) is 19.5. The van der Waals surface area contributed by atoms with Crippen LogP contribution in [0.3, 0.4) is 0 Å². The van der Waals surface area contributed by atoms with E-state index in [2.05, 4.69) is 5.32 Å². The SMILES string of the molecule is CCCCNC(=O)[C@@H](Cc1ccccc1)N(Cc1cccc(Cl)c1)C(=O)CN(c1cccc(C(C)=O)c1)S(C)(=O)=O. The molecule has 3 aromatic rings. The average Bonchev–Trinajstić information content (AvgIpc) is 2.93. The number of ketones is 1. The topological polar surface area (TPSA) is 104 Å². The van der Waals surface area contributed by atoms with Gasteiger partial charge in [0.1, 0.15) is 12.6 Å². The van der Waals surface area contributed by atoms with Gasteiger partial charge in [0.25, 0.3) is 0 Å². The average molecular weight is 598 g/mol. The van der Waals surface area contributed by atoms with Crippen LogP contribution in [0.1, 0.15) is 48.2 Å². The summed E-state index contributed by atoms with van der Waals surface area (Å²) < 4.78 is 26.8. The zero-order valence-corrected chi connectivity index (χ0v) is 25.1. The Labute approximate surface area is 247 Å². The number of hydrogen-bond acceptors (Lipinski definition) is 5. The summed E-state index contributed by atoms with van der Waals surface area (Å²) in [5.74, 6) is -1.14. The van der Waals surface area contributed by atoms with Gasteiger partial charge in [-0.15, -0.1) is 0 Å². The summed E-state index contributed by atoms with van der Waals surface area (Å²) in [7, 11) is -3.94. The molecule has 2 amide bonds. The number of halogens is 1. The van der Waals surface area contributed by atoms with Gasteiger partial charge in [0, 0.05) is 30.1 Å². The maximum Gasteiger partial charge on any atom is 0.244 e. The molecule has 0 aliphatic rings. The van der Waals surface area contributed by atoms with Crippen LogP contribution in [-0.2, 0) is 32.6 Å². The molecule has 0 unspecified atom stereocenters. The van der Waals surface area contributed by atoms with E-state index < -0.39 is 28.5 Å². The van der Waals surface area contributed by atoms with Gasteiger partial charge in [-0.25, -0.2) is 8.42 Å². The lowest BCUT2D eigenvalue weighted by Crippen LogP contribution is -2.53. The molecular weight excluding hydrogens is 562 g/mol. The van der Waals surface area contributed by atoms with Crippen LogP contribution < -0.4 is 9.62 Å². The van der Waals surface area contributed by atoms with Crippen LogP contribution in [-0.4, -0.2) is 56.3 Å². The predicted octanol–water partition coefficient (Wildman–Crippen LogP) is 4.87. The number of Topliss-reactive ketones (excluding diaryl/α,β-unsaturated/α-hetero) is 1. The zero-order valence-electron chi connectivity index (χ0n) is 23.5. The first kappa shape index (κ1) is 31.8. The summed E-state index contributed by atoms with van der Waals surface area (Å²) in [6.07, 6.45) is 2.89. The highest BCUT2D eigenvalue weighted by molar-refractivity contribution is 7.92. The molecule has 8 nitrogen and oxygen atoms in total. The number of amides is 2. The Morgan fingerprint density at radius 2 is 1.61 bits per heavy atom. The minimum Gasteiger partial charge on any atom is -0.354 e. The number of rotatable bonds is 14. The lowest BCUT2D eigenvalue weighted by atomic mass is 10.0. The van der Waals surface area contributed by atoms with Gasteiger partial charge < -0.3 is 10.2 Å². The molecule has 3 aromatic carbocycles. The van der Waals surface area contributed by atoms with Crippen molar-refractivity contribution in [2.24, 2.45) is 0 Å². The molecule has 0 radical (unpaired) electrons. The van der Waals surface area contributed by atoms with Crippen LogP contribution in [0.5, 0.6) is 0 Å². The molecule has 0 heterocycles. The van der Waals surface area contributed by atoms with Crippen molar-refractivity contribution >= 4 is 44.9 Å². The van der Waals surface area contributed by atoms with E-state index in [1.807, 2.05) is 37.3 Å². The van der Waals surface area contributed by atoms with Gasteiger partial charge in [0.15, 0.2) is 5.78 Å².